The van der Waals surface area contributed by atoms with Crippen molar-refractivity contribution in [1.82, 2.24) is 19.9 Å². The Morgan fingerprint density at radius 2 is 2.10 bits per heavy atom. The Kier molecular flexibility index (Phi) is 3.26. The molecular weight excluding hydrogens is 274 g/mol. The molecule has 3 aromatic heterocycles. The van der Waals surface area contributed by atoms with Gasteiger partial charge in [0.05, 0.1) is 6.21 Å². The molecule has 0 fully saturated rings. The zero-order valence-corrected chi connectivity index (χ0v) is 11.5. The van der Waals surface area contributed by atoms with Crippen LogP contribution in [-0.4, -0.2) is 26.1 Å². The van der Waals surface area contributed by atoms with E-state index in [1.54, 1.807) is 23.3 Å². The minimum absolute atomic E-state index is 0.413. The van der Waals surface area contributed by atoms with Crippen molar-refractivity contribution in [2.24, 2.45) is 5.10 Å². The molecule has 0 amide bonds. The molecule has 0 saturated carbocycles. The summed E-state index contributed by atoms with van der Waals surface area (Å²) in [4.78, 5) is 3.98. The van der Waals surface area contributed by atoms with Crippen molar-refractivity contribution >= 4 is 18.4 Å². The number of nitrogens with one attached hydrogen (secondary N) is 1. The van der Waals surface area contributed by atoms with Gasteiger partial charge in [-0.25, -0.2) is 5.10 Å². The highest BCUT2D eigenvalue weighted by Gasteiger charge is 2.07. The molecule has 7 heteroatoms. The molecule has 1 N–H and O–H groups in total. The van der Waals surface area contributed by atoms with E-state index in [0.717, 1.165) is 11.3 Å². The van der Waals surface area contributed by atoms with E-state index in [1.807, 2.05) is 31.2 Å². The van der Waals surface area contributed by atoms with Crippen molar-refractivity contribution < 1.29 is 4.42 Å². The summed E-state index contributed by atoms with van der Waals surface area (Å²) in [5.74, 6) is 2.11. The molecule has 100 valence electrons. The highest BCUT2D eigenvalue weighted by Crippen LogP contribution is 2.15. The van der Waals surface area contributed by atoms with Crippen LogP contribution in [0.25, 0.3) is 11.4 Å². The van der Waals surface area contributed by atoms with Crippen LogP contribution >= 0.6 is 12.2 Å². The lowest BCUT2D eigenvalue weighted by molar-refractivity contribution is 0.527. The van der Waals surface area contributed by atoms with Crippen LogP contribution in [0.1, 0.15) is 11.5 Å². The number of H-pyrrole nitrogens is 1. The van der Waals surface area contributed by atoms with E-state index < -0.39 is 0 Å². The van der Waals surface area contributed by atoms with Crippen LogP contribution in [-0.2, 0) is 0 Å². The number of nitrogens with zero attached hydrogens (tertiary/aromatic N) is 4. The van der Waals surface area contributed by atoms with Crippen LogP contribution in [0.3, 0.4) is 0 Å². The Morgan fingerprint density at radius 3 is 2.80 bits per heavy atom. The van der Waals surface area contributed by atoms with Crippen LogP contribution < -0.4 is 0 Å². The van der Waals surface area contributed by atoms with Gasteiger partial charge in [-0.15, -0.1) is 0 Å². The first kappa shape index (κ1) is 12.5. The summed E-state index contributed by atoms with van der Waals surface area (Å²) in [7, 11) is 0. The number of pyridine rings is 1. The summed E-state index contributed by atoms with van der Waals surface area (Å²) >= 11 is 5.18. The lowest BCUT2D eigenvalue weighted by atomic mass is 10.2. The van der Waals surface area contributed by atoms with Gasteiger partial charge in [0, 0.05) is 18.0 Å². The number of hydrogen-bond acceptors (Lipinski definition) is 5. The van der Waals surface area contributed by atoms with Crippen molar-refractivity contribution in [1.29, 1.82) is 0 Å². The van der Waals surface area contributed by atoms with Crippen molar-refractivity contribution in [2.75, 3.05) is 0 Å². The second-order valence-corrected chi connectivity index (χ2v) is 4.48. The zero-order valence-electron chi connectivity index (χ0n) is 10.6. The van der Waals surface area contributed by atoms with E-state index in [9.17, 15) is 0 Å². The van der Waals surface area contributed by atoms with Gasteiger partial charge in [-0.2, -0.15) is 14.9 Å². The Balaban J connectivity index is 2.00. The van der Waals surface area contributed by atoms with Crippen LogP contribution in [0.5, 0.6) is 0 Å². The lowest BCUT2D eigenvalue weighted by Gasteiger charge is -1.99. The number of rotatable bonds is 3. The van der Waals surface area contributed by atoms with Gasteiger partial charge >= 0.3 is 0 Å². The zero-order chi connectivity index (χ0) is 13.9. The Hall–Kier alpha value is -2.54. The average molecular weight is 285 g/mol. The summed E-state index contributed by atoms with van der Waals surface area (Å²) in [6.45, 7) is 1.88. The van der Waals surface area contributed by atoms with Crippen molar-refractivity contribution in [3.8, 4) is 11.4 Å². The molecule has 0 spiro atoms. The standard InChI is InChI=1S/C13H11N5OS/c1-9-2-3-11(19-9)8-15-18-12(16-17-13(18)20)10-4-6-14-7-5-10/h2-8H,1H3,(H,17,20)/b15-8+. The predicted molar refractivity (Wildman–Crippen MR) is 77.1 cm³/mol. The highest BCUT2D eigenvalue weighted by atomic mass is 32.1. The fourth-order valence-electron chi connectivity index (χ4n) is 1.72. The molecule has 0 saturated heterocycles. The third kappa shape index (κ3) is 2.43. The number of hydrogen-bond donors (Lipinski definition) is 1. The molecule has 0 aliphatic carbocycles. The van der Waals surface area contributed by atoms with E-state index in [2.05, 4.69) is 20.3 Å². The van der Waals surface area contributed by atoms with Gasteiger partial charge in [0.25, 0.3) is 0 Å². The molecule has 3 heterocycles. The van der Waals surface area contributed by atoms with Crippen molar-refractivity contribution in [2.45, 2.75) is 6.92 Å². The molecule has 0 atom stereocenters. The summed E-state index contributed by atoms with van der Waals surface area (Å²) in [5, 5.41) is 11.2. The van der Waals surface area contributed by atoms with E-state index in [1.165, 1.54) is 0 Å². The van der Waals surface area contributed by atoms with Crippen LogP contribution in [0, 0.1) is 11.7 Å². The summed E-state index contributed by atoms with van der Waals surface area (Å²) < 4.78 is 7.39. The van der Waals surface area contributed by atoms with Crippen LogP contribution in [0.2, 0.25) is 0 Å². The fraction of sp³-hybridized carbons (Fsp3) is 0.0769. The van der Waals surface area contributed by atoms with Gasteiger partial charge in [0.15, 0.2) is 5.82 Å². The van der Waals surface area contributed by atoms with E-state index in [4.69, 9.17) is 16.6 Å². The normalized spacial score (nSPS) is 11.2. The topological polar surface area (TPSA) is 72.0 Å². The minimum atomic E-state index is 0.413. The molecular formula is C13H11N5OS. The summed E-state index contributed by atoms with van der Waals surface area (Å²) in [6.07, 6.45) is 4.98. The fourth-order valence-corrected chi connectivity index (χ4v) is 1.90. The Morgan fingerprint density at radius 1 is 1.30 bits per heavy atom. The third-order valence-corrected chi connectivity index (χ3v) is 2.91. The van der Waals surface area contributed by atoms with E-state index in [-0.39, 0.29) is 0 Å². The lowest BCUT2D eigenvalue weighted by Crippen LogP contribution is -1.94. The SMILES string of the molecule is Cc1ccc(/C=N/n2c(-c3ccncc3)n[nH]c2=S)o1. The number of aromatic nitrogens is 4. The molecule has 0 aliphatic rings. The average Bonchev–Trinajstić information content (AvgIpc) is 3.04. The first-order chi connectivity index (χ1) is 9.74. The van der Waals surface area contributed by atoms with Gasteiger partial charge in [0.2, 0.25) is 4.77 Å². The number of furan rings is 1. The van der Waals surface area contributed by atoms with E-state index >= 15 is 0 Å². The first-order valence-electron chi connectivity index (χ1n) is 5.92. The largest absolute Gasteiger partial charge is 0.460 e. The summed E-state index contributed by atoms with van der Waals surface area (Å²) in [6, 6.07) is 7.40. The number of aromatic amines is 1. The molecule has 0 radical (unpaired) electrons. The van der Waals surface area contributed by atoms with Crippen molar-refractivity contribution in [3.05, 3.63) is 53.0 Å². The molecule has 3 aromatic rings. The van der Waals surface area contributed by atoms with E-state index in [0.29, 0.717) is 16.4 Å². The van der Waals surface area contributed by atoms with Crippen LogP contribution in [0.4, 0.5) is 0 Å². The first-order valence-corrected chi connectivity index (χ1v) is 6.33. The maximum atomic E-state index is 5.43. The summed E-state index contributed by atoms with van der Waals surface area (Å²) in [5.41, 5.74) is 0.875. The second kappa shape index (κ2) is 5.22. The van der Waals surface area contributed by atoms with Gasteiger partial charge < -0.3 is 4.42 Å². The monoisotopic (exact) mass is 285 g/mol. The smallest absolute Gasteiger partial charge is 0.216 e. The molecule has 0 bridgehead atoms. The molecule has 6 nitrogen and oxygen atoms in total. The quantitative estimate of drug-likeness (QED) is 0.593. The molecule has 0 aliphatic heterocycles. The predicted octanol–water partition coefficient (Wildman–Crippen LogP) is 2.79. The highest BCUT2D eigenvalue weighted by molar-refractivity contribution is 7.71. The van der Waals surface area contributed by atoms with Crippen LogP contribution in [0.15, 0.2) is 46.2 Å². The van der Waals surface area contributed by atoms with Gasteiger partial charge in [0.1, 0.15) is 11.5 Å². The third-order valence-electron chi connectivity index (χ3n) is 2.65. The second-order valence-electron chi connectivity index (χ2n) is 4.09. The Bertz CT molecular complexity index is 800. The molecule has 0 aromatic carbocycles. The molecule has 20 heavy (non-hydrogen) atoms. The maximum absolute atomic E-state index is 5.43. The van der Waals surface area contributed by atoms with Crippen molar-refractivity contribution in [3.63, 3.8) is 0 Å². The molecule has 0 unspecified atom stereocenters. The minimum Gasteiger partial charge on any atom is -0.460 e. The van der Waals surface area contributed by atoms with Gasteiger partial charge in [-0.05, 0) is 43.4 Å². The van der Waals surface area contributed by atoms with Gasteiger partial charge in [-0.3, -0.25) is 4.98 Å². The molecule has 3 rings (SSSR count). The maximum Gasteiger partial charge on any atom is 0.216 e. The Labute approximate surface area is 119 Å². The number of aryl methyl sites for hydroxylation is 1. The van der Waals surface area contributed by atoms with Gasteiger partial charge in [-0.1, -0.05) is 0 Å².